The minimum absolute atomic E-state index is 0.537. The maximum atomic E-state index is 9.62. The molecule has 0 bridgehead atoms. The van der Waals surface area contributed by atoms with Crippen LogP contribution < -0.4 is 0 Å². The van der Waals surface area contributed by atoms with Gasteiger partial charge < -0.3 is 15.3 Å². The molecule has 0 radical (unpaired) electrons. The summed E-state index contributed by atoms with van der Waals surface area (Å²) in [5, 5.41) is 22.1. The topological polar surface area (TPSA) is 112 Å². The summed E-state index contributed by atoms with van der Waals surface area (Å²) >= 11 is 10.8. The van der Waals surface area contributed by atoms with Crippen LogP contribution in [0.5, 0.6) is 0 Å². The Morgan fingerprint density at radius 2 is 0.722 bits per heavy atom. The van der Waals surface area contributed by atoms with Crippen molar-refractivity contribution in [3.05, 3.63) is 0 Å². The van der Waals surface area contributed by atoms with Gasteiger partial charge in [-0.15, -0.1) is 0 Å². The second-order valence-electron chi connectivity index (χ2n) is 3.04. The number of thiol groups is 3. The average Bonchev–Trinajstić information content (AvgIpc) is 2.18. The van der Waals surface area contributed by atoms with Crippen LogP contribution in [0.1, 0.15) is 20.8 Å². The maximum absolute atomic E-state index is 9.62. The first-order chi connectivity index (χ1) is 7.93. The Morgan fingerprint density at radius 3 is 0.722 bits per heavy atom. The number of hydrogen-bond donors (Lipinski definition) is 6. The van der Waals surface area contributed by atoms with Crippen LogP contribution in [0.2, 0.25) is 0 Å². The molecule has 0 aliphatic heterocycles. The molecule has 0 saturated carbocycles. The normalized spacial score (nSPS) is 13.7. The van der Waals surface area contributed by atoms with E-state index in [0.717, 1.165) is 0 Å². The fourth-order valence-corrected chi connectivity index (χ4v) is 0. The predicted octanol–water partition coefficient (Wildman–Crippen LogP) is 1.17. The number of carbonyl (C=O) groups is 3. The molecule has 0 aliphatic carbocycles. The Labute approximate surface area is 122 Å². The fraction of sp³-hybridized carbons (Fsp3) is 0.667. The lowest BCUT2D eigenvalue weighted by molar-refractivity contribution is -0.137. The fourth-order valence-electron chi connectivity index (χ4n) is 0. The van der Waals surface area contributed by atoms with Gasteiger partial charge in [-0.25, -0.2) is 0 Å². The molecule has 3 unspecified atom stereocenters. The molecule has 0 saturated heterocycles. The van der Waals surface area contributed by atoms with Crippen LogP contribution in [0.4, 0.5) is 0 Å². The smallest absolute Gasteiger partial charge is 0.316 e. The summed E-state index contributed by atoms with van der Waals surface area (Å²) in [5.41, 5.74) is 0. The zero-order valence-electron chi connectivity index (χ0n) is 10.1. The first-order valence-electron chi connectivity index (χ1n) is 4.66. The lowest BCUT2D eigenvalue weighted by Crippen LogP contribution is -2.06. The van der Waals surface area contributed by atoms with Gasteiger partial charge in [0.15, 0.2) is 0 Å². The van der Waals surface area contributed by atoms with Crippen LogP contribution in [-0.2, 0) is 14.4 Å². The summed E-state index contributed by atoms with van der Waals surface area (Å²) in [7, 11) is 0. The van der Waals surface area contributed by atoms with Gasteiger partial charge in [0.05, 0.1) is 15.7 Å². The van der Waals surface area contributed by atoms with E-state index >= 15 is 0 Å². The number of carboxylic acid groups (broad SMARTS) is 3. The quantitative estimate of drug-likeness (QED) is 0.436. The van der Waals surface area contributed by atoms with Crippen molar-refractivity contribution in [2.24, 2.45) is 0 Å². The highest BCUT2D eigenvalue weighted by atomic mass is 32.1. The molecule has 0 aliphatic rings. The molecule has 0 rings (SSSR count). The van der Waals surface area contributed by atoms with Crippen LogP contribution in [0, 0.1) is 0 Å². The average molecular weight is 318 g/mol. The molecule has 6 nitrogen and oxygen atoms in total. The van der Waals surface area contributed by atoms with Gasteiger partial charge in [0, 0.05) is 0 Å². The van der Waals surface area contributed by atoms with Crippen molar-refractivity contribution in [1.29, 1.82) is 0 Å². The Kier molecular flexibility index (Phi) is 16.2. The molecule has 0 fully saturated rings. The number of carboxylic acids is 3. The molecule has 0 aromatic carbocycles. The van der Waals surface area contributed by atoms with E-state index in [9.17, 15) is 14.4 Å². The second kappa shape index (κ2) is 12.9. The zero-order chi connectivity index (χ0) is 15.5. The highest BCUT2D eigenvalue weighted by molar-refractivity contribution is 7.82. The molecule has 18 heavy (non-hydrogen) atoms. The zero-order valence-corrected chi connectivity index (χ0v) is 12.8. The van der Waals surface area contributed by atoms with E-state index in [4.69, 9.17) is 15.3 Å². The number of rotatable bonds is 3. The minimum Gasteiger partial charge on any atom is -0.480 e. The molecule has 0 amide bonds. The van der Waals surface area contributed by atoms with E-state index in [1.165, 1.54) is 20.8 Å². The van der Waals surface area contributed by atoms with Crippen LogP contribution in [0.25, 0.3) is 0 Å². The van der Waals surface area contributed by atoms with Gasteiger partial charge in [0.25, 0.3) is 0 Å². The standard InChI is InChI=1S/3C3H6O2S/c3*1-2(6)3(4)5/h3*2,6H,1H3,(H,4,5). The van der Waals surface area contributed by atoms with Crippen molar-refractivity contribution < 1.29 is 29.7 Å². The van der Waals surface area contributed by atoms with Gasteiger partial charge in [-0.05, 0) is 20.8 Å². The van der Waals surface area contributed by atoms with E-state index in [2.05, 4.69) is 37.9 Å². The number of aliphatic carboxylic acids is 3. The molecule has 0 aromatic rings. The summed E-state index contributed by atoms with van der Waals surface area (Å²) in [5.74, 6) is -2.63. The van der Waals surface area contributed by atoms with Gasteiger partial charge >= 0.3 is 17.9 Å². The van der Waals surface area contributed by atoms with E-state index in [0.29, 0.717) is 0 Å². The highest BCUT2D eigenvalue weighted by Gasteiger charge is 2.01. The lowest BCUT2D eigenvalue weighted by Gasteiger charge is -1.88. The number of hydrogen-bond acceptors (Lipinski definition) is 6. The van der Waals surface area contributed by atoms with E-state index < -0.39 is 33.7 Å². The Balaban J connectivity index is -0.000000187. The molecule has 9 heteroatoms. The largest absolute Gasteiger partial charge is 0.480 e. The summed E-state index contributed by atoms with van der Waals surface area (Å²) in [6.45, 7) is 4.52. The Bertz CT molecular complexity index is 222. The van der Waals surface area contributed by atoms with Gasteiger partial charge in [0.1, 0.15) is 0 Å². The van der Waals surface area contributed by atoms with Crippen LogP contribution in [0.15, 0.2) is 0 Å². The third-order valence-corrected chi connectivity index (χ3v) is 1.73. The molecular weight excluding hydrogens is 300 g/mol. The predicted molar refractivity (Wildman–Crippen MR) is 78.3 cm³/mol. The molecule has 0 spiro atoms. The first-order valence-corrected chi connectivity index (χ1v) is 6.21. The summed E-state index contributed by atoms with van der Waals surface area (Å²) in [4.78, 5) is 28.9. The third-order valence-electron chi connectivity index (χ3n) is 1.07. The summed E-state index contributed by atoms with van der Waals surface area (Å²) < 4.78 is 0. The molecule has 0 heterocycles. The van der Waals surface area contributed by atoms with Gasteiger partial charge in [-0.1, -0.05) is 0 Å². The minimum atomic E-state index is -0.877. The molecule has 108 valence electrons. The van der Waals surface area contributed by atoms with E-state index in [-0.39, 0.29) is 0 Å². The Hall–Kier alpha value is -0.540. The van der Waals surface area contributed by atoms with Crippen molar-refractivity contribution in [2.45, 2.75) is 36.5 Å². The monoisotopic (exact) mass is 318 g/mol. The van der Waals surface area contributed by atoms with E-state index in [1.54, 1.807) is 0 Å². The maximum Gasteiger partial charge on any atom is 0.316 e. The molecule has 3 N–H and O–H groups in total. The highest BCUT2D eigenvalue weighted by Crippen LogP contribution is 1.89. The molecule has 0 aromatic heterocycles. The van der Waals surface area contributed by atoms with Gasteiger partial charge in [-0.2, -0.15) is 37.9 Å². The van der Waals surface area contributed by atoms with Gasteiger partial charge in [-0.3, -0.25) is 14.4 Å². The van der Waals surface area contributed by atoms with Crippen LogP contribution in [-0.4, -0.2) is 49.0 Å². The molecular formula is C9H18O6S3. The molecule has 3 atom stereocenters. The van der Waals surface area contributed by atoms with Crippen molar-refractivity contribution in [2.75, 3.05) is 0 Å². The van der Waals surface area contributed by atoms with Crippen LogP contribution >= 0.6 is 37.9 Å². The SMILES string of the molecule is CC(S)C(=O)O.CC(S)C(=O)O.CC(S)C(=O)O. The Morgan fingerprint density at radius 1 is 0.667 bits per heavy atom. The van der Waals surface area contributed by atoms with Crippen molar-refractivity contribution in [1.82, 2.24) is 0 Å². The van der Waals surface area contributed by atoms with Gasteiger partial charge in [0.2, 0.25) is 0 Å². The van der Waals surface area contributed by atoms with Crippen molar-refractivity contribution >= 4 is 55.8 Å². The first kappa shape index (κ1) is 22.6. The second-order valence-corrected chi connectivity index (χ2v) is 5.37. The van der Waals surface area contributed by atoms with Crippen LogP contribution in [0.3, 0.4) is 0 Å². The third kappa shape index (κ3) is 24.6. The van der Waals surface area contributed by atoms with E-state index in [1.807, 2.05) is 0 Å². The summed E-state index contributed by atoms with van der Waals surface area (Å²) in [6, 6.07) is 0. The van der Waals surface area contributed by atoms with Crippen molar-refractivity contribution in [3.8, 4) is 0 Å². The van der Waals surface area contributed by atoms with Crippen molar-refractivity contribution in [3.63, 3.8) is 0 Å². The summed E-state index contributed by atoms with van der Waals surface area (Å²) in [6.07, 6.45) is 0. The lowest BCUT2D eigenvalue weighted by atomic mass is 10.5.